The molecule has 0 saturated heterocycles. The number of amides is 1. The Hall–Kier alpha value is -2.56. The van der Waals surface area contributed by atoms with Gasteiger partial charge in [0, 0.05) is 33.6 Å². The third kappa shape index (κ3) is 6.74. The highest BCUT2D eigenvalue weighted by molar-refractivity contribution is 7.99. The molecule has 3 rings (SSSR count). The van der Waals surface area contributed by atoms with Gasteiger partial charge in [-0.2, -0.15) is 21.8 Å². The van der Waals surface area contributed by atoms with Crippen LogP contribution in [0.25, 0.3) is 11.2 Å². The van der Waals surface area contributed by atoms with Gasteiger partial charge >= 0.3 is 5.69 Å². The summed E-state index contributed by atoms with van der Waals surface area (Å²) in [6, 6.07) is 0. The number of aryl methyl sites for hydroxylation is 1. The van der Waals surface area contributed by atoms with Crippen LogP contribution in [0.4, 0.5) is 5.95 Å². The number of rotatable bonds is 7. The molecule has 192 valence electrons. The second-order valence-electron chi connectivity index (χ2n) is 8.03. The Kier molecular flexibility index (Phi) is 8.44. The zero-order valence-electron chi connectivity index (χ0n) is 19.6. The predicted octanol–water partition coefficient (Wildman–Crippen LogP) is -1.26. The van der Waals surface area contributed by atoms with Gasteiger partial charge in [0.2, 0.25) is 11.9 Å². The fourth-order valence-electron chi connectivity index (χ4n) is 3.51. The molecule has 14 nitrogen and oxygen atoms in total. The number of fused-ring (bicyclic) bond motifs is 3. The van der Waals surface area contributed by atoms with Crippen LogP contribution in [0.15, 0.2) is 9.59 Å². The van der Waals surface area contributed by atoms with Crippen molar-refractivity contribution in [2.24, 2.45) is 7.05 Å². The van der Waals surface area contributed by atoms with E-state index in [0.717, 1.165) is 6.42 Å². The van der Waals surface area contributed by atoms with Gasteiger partial charge in [0.1, 0.15) is 0 Å². The van der Waals surface area contributed by atoms with Crippen molar-refractivity contribution in [2.75, 3.05) is 24.0 Å². The van der Waals surface area contributed by atoms with E-state index in [9.17, 15) is 36.3 Å². The third-order valence-corrected chi connectivity index (χ3v) is 6.86. The van der Waals surface area contributed by atoms with Crippen molar-refractivity contribution in [1.82, 2.24) is 18.7 Å². The number of aromatic nitrogens is 4. The van der Waals surface area contributed by atoms with Crippen molar-refractivity contribution in [3.05, 3.63) is 20.8 Å². The number of imidazole rings is 1. The zero-order chi connectivity index (χ0) is 26.0. The van der Waals surface area contributed by atoms with Crippen LogP contribution in [0, 0.1) is 0 Å². The molecule has 0 bridgehead atoms. The Morgan fingerprint density at radius 1 is 1.12 bits per heavy atom. The Morgan fingerprint density at radius 2 is 1.71 bits per heavy atom. The summed E-state index contributed by atoms with van der Waals surface area (Å²) in [5.74, 6) is 0.277. The number of unbranched alkanes of at least 4 members (excludes halogenated alkanes) is 1. The number of carbonyl (C=O) groups excluding carboxylic acids is 1. The molecular weight excluding hydrogens is 494 g/mol. The molecule has 34 heavy (non-hydrogen) atoms. The summed E-state index contributed by atoms with van der Waals surface area (Å²) < 4.78 is 48.0. The molecule has 1 aliphatic rings. The first-order chi connectivity index (χ1) is 15.5. The van der Waals surface area contributed by atoms with Gasteiger partial charge in [-0.3, -0.25) is 23.6 Å². The number of aliphatic hydroxyl groups excluding tert-OH is 1. The number of carbonyl (C=O) groups is 1. The Bertz CT molecular complexity index is 1370. The van der Waals surface area contributed by atoms with Crippen LogP contribution in [0.5, 0.6) is 0 Å². The van der Waals surface area contributed by atoms with E-state index in [1.807, 2.05) is 0 Å². The lowest BCUT2D eigenvalue weighted by Gasteiger charge is -2.10. The second kappa shape index (κ2) is 10.4. The second-order valence-corrected chi connectivity index (χ2v) is 11.4. The quantitative estimate of drug-likeness (QED) is 0.430. The van der Waals surface area contributed by atoms with Gasteiger partial charge in [0.25, 0.3) is 25.8 Å². The number of anilines is 1. The maximum absolute atomic E-state index is 12.9. The van der Waals surface area contributed by atoms with Crippen LogP contribution in [0.1, 0.15) is 33.1 Å². The predicted molar refractivity (Wildman–Crippen MR) is 124 cm³/mol. The summed E-state index contributed by atoms with van der Waals surface area (Å²) in [6.07, 6.45) is 2.92. The van der Waals surface area contributed by atoms with E-state index in [0.29, 0.717) is 62.1 Å². The molecule has 1 amide bonds. The van der Waals surface area contributed by atoms with Crippen molar-refractivity contribution in [2.45, 2.75) is 52.3 Å². The summed E-state index contributed by atoms with van der Waals surface area (Å²) in [5, 5.41) is 9.31. The minimum Gasteiger partial charge on any atom is -0.393 e. The first-order valence-electron chi connectivity index (χ1n) is 10.3. The third-order valence-electron chi connectivity index (χ3n) is 4.88. The standard InChI is InChI=1S/C16H23N5O4.C2H6O5S2/c1-10(22)6-4-5-7-21-14(24)12-13(18(3)16(21)25)17-15-19(11(2)23)8-9-20(12)15;1-8(3,4)7-9(2,5)6/h10,22H,4-9H2,1-3H3;1-2H3/t10-;/m0./s1. The van der Waals surface area contributed by atoms with Gasteiger partial charge in [0.05, 0.1) is 18.6 Å². The molecule has 0 unspecified atom stereocenters. The molecule has 2 aromatic heterocycles. The highest BCUT2D eigenvalue weighted by Gasteiger charge is 2.29. The number of hydrogen-bond donors (Lipinski definition) is 1. The normalized spacial score (nSPS) is 14.6. The number of hydrogen-bond acceptors (Lipinski definition) is 10. The molecule has 1 N–H and O–H groups in total. The van der Waals surface area contributed by atoms with Crippen molar-refractivity contribution in [1.29, 1.82) is 0 Å². The lowest BCUT2D eigenvalue weighted by Crippen LogP contribution is -2.39. The topological polar surface area (TPSA) is 180 Å². The van der Waals surface area contributed by atoms with Crippen LogP contribution >= 0.6 is 0 Å². The molecule has 1 aliphatic heterocycles. The fraction of sp³-hybridized carbons (Fsp3) is 0.667. The van der Waals surface area contributed by atoms with E-state index in [-0.39, 0.29) is 11.5 Å². The van der Waals surface area contributed by atoms with Gasteiger partial charge in [-0.25, -0.2) is 4.79 Å². The van der Waals surface area contributed by atoms with E-state index < -0.39 is 32.0 Å². The van der Waals surface area contributed by atoms with Crippen molar-refractivity contribution in [3.8, 4) is 0 Å². The van der Waals surface area contributed by atoms with Crippen LogP contribution in [-0.4, -0.2) is 71.7 Å². The summed E-state index contributed by atoms with van der Waals surface area (Å²) in [7, 11) is -6.16. The van der Waals surface area contributed by atoms with E-state index in [4.69, 9.17) is 0 Å². The molecule has 0 radical (unpaired) electrons. The SMILES string of the molecule is CC(=O)N1CCn2c1nc1c2c(=O)n(CCCC[C@H](C)O)c(=O)n1C.CS(=O)(=O)OS(C)(=O)=O. The molecule has 16 heteroatoms. The minimum atomic E-state index is -3.87. The minimum absolute atomic E-state index is 0.141. The first kappa shape index (κ1) is 27.7. The van der Waals surface area contributed by atoms with Crippen molar-refractivity contribution < 1.29 is 30.4 Å². The van der Waals surface area contributed by atoms with Crippen molar-refractivity contribution in [3.63, 3.8) is 0 Å². The highest BCUT2D eigenvalue weighted by Crippen LogP contribution is 2.24. The largest absolute Gasteiger partial charge is 0.393 e. The Labute approximate surface area is 196 Å². The molecule has 0 aromatic carbocycles. The lowest BCUT2D eigenvalue weighted by atomic mass is 10.2. The van der Waals surface area contributed by atoms with Gasteiger partial charge in [-0.15, -0.1) is 3.63 Å². The van der Waals surface area contributed by atoms with Crippen LogP contribution < -0.4 is 16.1 Å². The van der Waals surface area contributed by atoms with Gasteiger partial charge < -0.3 is 9.67 Å². The highest BCUT2D eigenvalue weighted by atomic mass is 32.3. The van der Waals surface area contributed by atoms with Crippen LogP contribution in [0.3, 0.4) is 0 Å². The number of nitrogens with zero attached hydrogens (tertiary/aromatic N) is 5. The maximum atomic E-state index is 12.9. The monoisotopic (exact) mass is 523 g/mol. The summed E-state index contributed by atoms with van der Waals surface area (Å²) >= 11 is 0. The van der Waals surface area contributed by atoms with Gasteiger partial charge in [-0.05, 0) is 26.2 Å². The number of aliphatic hydroxyl groups is 1. The lowest BCUT2D eigenvalue weighted by molar-refractivity contribution is -0.116. The zero-order valence-corrected chi connectivity index (χ0v) is 21.2. The van der Waals surface area contributed by atoms with E-state index in [2.05, 4.69) is 8.61 Å². The maximum Gasteiger partial charge on any atom is 0.332 e. The van der Waals surface area contributed by atoms with Crippen LogP contribution in [0.2, 0.25) is 0 Å². The Morgan fingerprint density at radius 3 is 2.18 bits per heavy atom. The molecule has 1 atom stereocenters. The molecule has 3 heterocycles. The molecule has 0 aliphatic carbocycles. The summed E-state index contributed by atoms with van der Waals surface area (Å²) in [5.41, 5.74) is -0.132. The molecule has 0 saturated carbocycles. The summed E-state index contributed by atoms with van der Waals surface area (Å²) in [6.45, 7) is 4.43. The van der Waals surface area contributed by atoms with Gasteiger partial charge in [0.15, 0.2) is 11.2 Å². The van der Waals surface area contributed by atoms with E-state index in [1.54, 1.807) is 18.5 Å². The average Bonchev–Trinajstić information content (AvgIpc) is 3.22. The van der Waals surface area contributed by atoms with E-state index >= 15 is 0 Å². The van der Waals surface area contributed by atoms with Crippen LogP contribution in [-0.2, 0) is 48.8 Å². The molecular formula is C18H29N5O9S2. The molecule has 0 spiro atoms. The van der Waals surface area contributed by atoms with Gasteiger partial charge in [-0.1, -0.05) is 0 Å². The van der Waals surface area contributed by atoms with E-state index in [1.165, 1.54) is 21.0 Å². The molecule has 0 fully saturated rings. The first-order valence-corrected chi connectivity index (χ1v) is 13.9. The average molecular weight is 524 g/mol. The Balaban J connectivity index is 0.000000387. The smallest absolute Gasteiger partial charge is 0.332 e. The summed E-state index contributed by atoms with van der Waals surface area (Å²) in [4.78, 5) is 43.0. The molecule has 2 aromatic rings. The van der Waals surface area contributed by atoms with Crippen molar-refractivity contribution >= 4 is 43.3 Å². The fourth-order valence-corrected chi connectivity index (χ4v) is 5.30.